The van der Waals surface area contributed by atoms with Crippen LogP contribution in [0.15, 0.2) is 48.5 Å². The summed E-state index contributed by atoms with van der Waals surface area (Å²) in [4.78, 5) is 23.5. The SMILES string of the molecule is CC(CCc1ccccc1F)C(=O)NC(CC(=O)O)c1ccc(F)cc1. The smallest absolute Gasteiger partial charge is 0.305 e. The molecule has 2 N–H and O–H groups in total. The number of carboxylic acids is 1. The molecule has 0 saturated heterocycles. The van der Waals surface area contributed by atoms with E-state index < -0.39 is 23.7 Å². The first kappa shape index (κ1) is 19.6. The minimum Gasteiger partial charge on any atom is -0.481 e. The lowest BCUT2D eigenvalue weighted by Gasteiger charge is -2.20. The van der Waals surface area contributed by atoms with Gasteiger partial charge < -0.3 is 10.4 Å². The van der Waals surface area contributed by atoms with Gasteiger partial charge in [-0.25, -0.2) is 8.78 Å². The van der Waals surface area contributed by atoms with Gasteiger partial charge in [0.05, 0.1) is 12.5 Å². The number of aryl methyl sites for hydroxylation is 1. The fourth-order valence-corrected chi connectivity index (χ4v) is 2.64. The van der Waals surface area contributed by atoms with Gasteiger partial charge in [0.2, 0.25) is 5.91 Å². The van der Waals surface area contributed by atoms with Crippen molar-refractivity contribution in [1.29, 1.82) is 0 Å². The van der Waals surface area contributed by atoms with Crippen LogP contribution in [0.25, 0.3) is 0 Å². The number of amides is 1. The van der Waals surface area contributed by atoms with Crippen LogP contribution in [0.1, 0.15) is 36.9 Å². The molecule has 0 fully saturated rings. The van der Waals surface area contributed by atoms with Crippen LogP contribution in [0.2, 0.25) is 0 Å². The summed E-state index contributed by atoms with van der Waals surface area (Å²) in [5.74, 6) is -2.57. The Hall–Kier alpha value is -2.76. The van der Waals surface area contributed by atoms with Crippen molar-refractivity contribution in [2.24, 2.45) is 5.92 Å². The summed E-state index contributed by atoms with van der Waals surface area (Å²) in [6, 6.07) is 11.0. The average molecular weight is 361 g/mol. The van der Waals surface area contributed by atoms with E-state index in [2.05, 4.69) is 5.32 Å². The third-order valence-electron chi connectivity index (χ3n) is 4.22. The van der Waals surface area contributed by atoms with Crippen LogP contribution in [0.3, 0.4) is 0 Å². The Balaban J connectivity index is 2.00. The molecule has 2 aromatic carbocycles. The van der Waals surface area contributed by atoms with Crippen LogP contribution < -0.4 is 5.32 Å². The first-order valence-electron chi connectivity index (χ1n) is 8.38. The second kappa shape index (κ2) is 9.08. The number of hydrogen-bond donors (Lipinski definition) is 2. The second-order valence-corrected chi connectivity index (χ2v) is 6.24. The van der Waals surface area contributed by atoms with E-state index in [0.717, 1.165) is 0 Å². The number of carbonyl (C=O) groups is 2. The quantitative estimate of drug-likeness (QED) is 0.750. The maximum absolute atomic E-state index is 13.7. The predicted molar refractivity (Wildman–Crippen MR) is 93.4 cm³/mol. The zero-order valence-electron chi connectivity index (χ0n) is 14.4. The van der Waals surface area contributed by atoms with Gasteiger partial charge in [-0.3, -0.25) is 9.59 Å². The first-order chi connectivity index (χ1) is 12.4. The predicted octanol–water partition coefficient (Wildman–Crippen LogP) is 3.87. The fraction of sp³-hybridized carbons (Fsp3) is 0.300. The summed E-state index contributed by atoms with van der Waals surface area (Å²) in [5, 5.41) is 11.8. The number of carboxylic acid groups (broad SMARTS) is 1. The van der Waals surface area contributed by atoms with Gasteiger partial charge in [-0.05, 0) is 42.2 Å². The Morgan fingerprint density at radius 2 is 1.73 bits per heavy atom. The van der Waals surface area contributed by atoms with Gasteiger partial charge in [0, 0.05) is 5.92 Å². The van der Waals surface area contributed by atoms with Crippen molar-refractivity contribution in [2.75, 3.05) is 0 Å². The van der Waals surface area contributed by atoms with Crippen LogP contribution >= 0.6 is 0 Å². The van der Waals surface area contributed by atoms with E-state index in [4.69, 9.17) is 5.11 Å². The van der Waals surface area contributed by atoms with Gasteiger partial charge in [-0.2, -0.15) is 0 Å². The molecule has 0 aliphatic carbocycles. The first-order valence-corrected chi connectivity index (χ1v) is 8.38. The zero-order valence-corrected chi connectivity index (χ0v) is 14.4. The minimum absolute atomic E-state index is 0.308. The van der Waals surface area contributed by atoms with Crippen LogP contribution in [-0.4, -0.2) is 17.0 Å². The number of aliphatic carboxylic acids is 1. The summed E-state index contributed by atoms with van der Waals surface area (Å²) in [5.41, 5.74) is 1.05. The van der Waals surface area contributed by atoms with Gasteiger partial charge in [0.15, 0.2) is 0 Å². The van der Waals surface area contributed by atoms with Crippen molar-refractivity contribution in [3.63, 3.8) is 0 Å². The normalized spacial score (nSPS) is 13.0. The van der Waals surface area contributed by atoms with Crippen molar-refractivity contribution in [2.45, 2.75) is 32.2 Å². The molecule has 2 unspecified atom stereocenters. The molecule has 0 aliphatic rings. The molecule has 2 atom stereocenters. The second-order valence-electron chi connectivity index (χ2n) is 6.24. The van der Waals surface area contributed by atoms with Crippen LogP contribution in [-0.2, 0) is 16.0 Å². The highest BCUT2D eigenvalue weighted by Gasteiger charge is 2.21. The van der Waals surface area contributed by atoms with Crippen LogP contribution in [0, 0.1) is 17.6 Å². The molecule has 0 aromatic heterocycles. The van der Waals surface area contributed by atoms with Crippen molar-refractivity contribution in [3.05, 3.63) is 71.3 Å². The van der Waals surface area contributed by atoms with E-state index in [-0.39, 0.29) is 18.1 Å². The zero-order chi connectivity index (χ0) is 19.1. The lowest BCUT2D eigenvalue weighted by atomic mass is 9.98. The number of benzene rings is 2. The van der Waals surface area contributed by atoms with Crippen molar-refractivity contribution in [3.8, 4) is 0 Å². The minimum atomic E-state index is -1.07. The van der Waals surface area contributed by atoms with Gasteiger partial charge >= 0.3 is 5.97 Å². The molecule has 26 heavy (non-hydrogen) atoms. The number of nitrogens with one attached hydrogen (secondary N) is 1. The van der Waals surface area contributed by atoms with E-state index >= 15 is 0 Å². The maximum Gasteiger partial charge on any atom is 0.305 e. The third kappa shape index (κ3) is 5.65. The molecule has 0 heterocycles. The van der Waals surface area contributed by atoms with E-state index in [9.17, 15) is 18.4 Å². The molecular weight excluding hydrogens is 340 g/mol. The third-order valence-corrected chi connectivity index (χ3v) is 4.22. The monoisotopic (exact) mass is 361 g/mol. The van der Waals surface area contributed by atoms with Gasteiger partial charge in [0.1, 0.15) is 11.6 Å². The Kier molecular flexibility index (Phi) is 6.83. The van der Waals surface area contributed by atoms with Gasteiger partial charge in [0.25, 0.3) is 0 Å². The van der Waals surface area contributed by atoms with Gasteiger partial charge in [-0.15, -0.1) is 0 Å². The highest BCUT2D eigenvalue weighted by molar-refractivity contribution is 5.79. The summed E-state index contributed by atoms with van der Waals surface area (Å²) < 4.78 is 26.7. The highest BCUT2D eigenvalue weighted by Crippen LogP contribution is 2.19. The Labute approximate surface area is 150 Å². The molecular formula is C20H21F2NO3. The van der Waals surface area contributed by atoms with E-state index in [1.807, 2.05) is 0 Å². The molecule has 138 valence electrons. The molecule has 0 bridgehead atoms. The summed E-state index contributed by atoms with van der Waals surface area (Å²) in [6.45, 7) is 1.71. The lowest BCUT2D eigenvalue weighted by Crippen LogP contribution is -2.34. The van der Waals surface area contributed by atoms with E-state index in [1.165, 1.54) is 30.3 Å². The summed E-state index contributed by atoms with van der Waals surface area (Å²) >= 11 is 0. The standard InChI is InChI=1S/C20H21F2NO3/c1-13(6-7-14-4-2-3-5-17(14)22)20(26)23-18(12-19(24)25)15-8-10-16(21)11-9-15/h2-5,8-11,13,18H,6-7,12H2,1H3,(H,23,26)(H,24,25). The fourth-order valence-electron chi connectivity index (χ4n) is 2.64. The highest BCUT2D eigenvalue weighted by atomic mass is 19.1. The molecule has 0 aliphatic heterocycles. The molecule has 0 spiro atoms. The number of carbonyl (C=O) groups excluding carboxylic acids is 1. The van der Waals surface area contributed by atoms with Gasteiger partial charge in [-0.1, -0.05) is 37.3 Å². The Morgan fingerprint density at radius 3 is 2.35 bits per heavy atom. The Morgan fingerprint density at radius 1 is 1.08 bits per heavy atom. The molecule has 1 amide bonds. The maximum atomic E-state index is 13.7. The molecule has 0 radical (unpaired) electrons. The number of hydrogen-bond acceptors (Lipinski definition) is 2. The van der Waals surface area contributed by atoms with Crippen molar-refractivity contribution in [1.82, 2.24) is 5.32 Å². The Bertz CT molecular complexity index is 762. The van der Waals surface area contributed by atoms with Crippen molar-refractivity contribution < 1.29 is 23.5 Å². The lowest BCUT2D eigenvalue weighted by molar-refractivity contribution is -0.137. The largest absolute Gasteiger partial charge is 0.481 e. The summed E-state index contributed by atoms with van der Waals surface area (Å²) in [7, 11) is 0. The summed E-state index contributed by atoms with van der Waals surface area (Å²) in [6.07, 6.45) is 0.523. The average Bonchev–Trinajstić information content (AvgIpc) is 2.60. The number of rotatable bonds is 8. The molecule has 2 rings (SSSR count). The van der Waals surface area contributed by atoms with E-state index in [0.29, 0.717) is 24.0 Å². The van der Waals surface area contributed by atoms with Crippen molar-refractivity contribution >= 4 is 11.9 Å². The molecule has 2 aromatic rings. The number of halogens is 2. The van der Waals surface area contributed by atoms with Crippen LogP contribution in [0.4, 0.5) is 8.78 Å². The molecule has 4 nitrogen and oxygen atoms in total. The van der Waals surface area contributed by atoms with E-state index in [1.54, 1.807) is 25.1 Å². The van der Waals surface area contributed by atoms with Crippen LogP contribution in [0.5, 0.6) is 0 Å². The molecule has 6 heteroatoms. The molecule has 0 saturated carbocycles. The topological polar surface area (TPSA) is 66.4 Å².